The number of phenolic OH excluding ortho intramolecular Hbond substituents is 1. The van der Waals surface area contributed by atoms with Crippen molar-refractivity contribution in [1.82, 2.24) is 14.7 Å². The lowest BCUT2D eigenvalue weighted by molar-refractivity contribution is 0.0885. The molecule has 44 heavy (non-hydrogen) atoms. The lowest BCUT2D eigenvalue weighted by Gasteiger charge is -2.44. The predicted molar refractivity (Wildman–Crippen MR) is 170 cm³/mol. The fourth-order valence-corrected chi connectivity index (χ4v) is 7.23. The van der Waals surface area contributed by atoms with Crippen LogP contribution in [0.5, 0.6) is 23.0 Å². The maximum Gasteiger partial charge on any atom is 0.325 e. The molecule has 0 radical (unpaired) electrons. The summed E-state index contributed by atoms with van der Waals surface area (Å²) in [4.78, 5) is 20.5. The Balaban J connectivity index is 1.27. The minimum absolute atomic E-state index is 0.0391. The van der Waals surface area contributed by atoms with Gasteiger partial charge in [-0.1, -0.05) is 50.3 Å². The van der Waals surface area contributed by atoms with Gasteiger partial charge in [0.25, 0.3) is 0 Å². The number of piperidine rings is 1. The Kier molecular flexibility index (Phi) is 7.97. The maximum absolute atomic E-state index is 14.0. The van der Waals surface area contributed by atoms with Crippen LogP contribution in [0.25, 0.3) is 0 Å². The van der Waals surface area contributed by atoms with E-state index in [4.69, 9.17) is 14.2 Å². The number of fused-ring (bicyclic) bond motifs is 3. The van der Waals surface area contributed by atoms with E-state index in [1.54, 1.807) is 20.3 Å². The highest BCUT2D eigenvalue weighted by Gasteiger charge is 2.55. The van der Waals surface area contributed by atoms with Crippen LogP contribution in [-0.2, 0) is 25.1 Å². The van der Waals surface area contributed by atoms with Gasteiger partial charge in [0.1, 0.15) is 18.1 Å². The number of ether oxygens (including phenoxy) is 3. The standard InChI is InChI=1S/C36H43N3O5/c1-6-39-34(41)38-23-27-18-31(40)32(44-24-25-10-8-7-9-11-25)20-30(27)35(2,3)21-33(38)36(39)12-14-37(15-13-36)22-26-16-28(42-4)19-29(17-26)43-5/h7-11,16-21,40H,6,12-15,22-24H2,1-5H3. The quantitative estimate of drug-likeness (QED) is 0.322. The molecule has 0 aliphatic carbocycles. The predicted octanol–water partition coefficient (Wildman–Crippen LogP) is 6.46. The zero-order valence-electron chi connectivity index (χ0n) is 26.4. The van der Waals surface area contributed by atoms with Gasteiger partial charge in [0.05, 0.1) is 26.3 Å². The van der Waals surface area contributed by atoms with E-state index in [1.165, 1.54) is 0 Å². The van der Waals surface area contributed by atoms with Crippen molar-refractivity contribution in [2.75, 3.05) is 33.9 Å². The van der Waals surface area contributed by atoms with Gasteiger partial charge in [-0.2, -0.15) is 0 Å². The molecule has 0 saturated carbocycles. The summed E-state index contributed by atoms with van der Waals surface area (Å²) >= 11 is 0. The Labute approximate surface area is 260 Å². The number of allylic oxidation sites excluding steroid dienone is 1. The number of methoxy groups -OCH3 is 2. The molecule has 3 heterocycles. The lowest BCUT2D eigenvalue weighted by atomic mass is 9.77. The second-order valence-corrected chi connectivity index (χ2v) is 12.6. The summed E-state index contributed by atoms with van der Waals surface area (Å²) in [6.45, 7) is 10.4. The number of amides is 2. The number of urea groups is 1. The summed E-state index contributed by atoms with van der Waals surface area (Å²) in [5.41, 5.74) is 4.51. The first-order chi connectivity index (χ1) is 21.2. The van der Waals surface area contributed by atoms with Gasteiger partial charge < -0.3 is 24.2 Å². The topological polar surface area (TPSA) is 74.7 Å². The van der Waals surface area contributed by atoms with E-state index in [1.807, 2.05) is 47.4 Å². The van der Waals surface area contributed by atoms with Crippen LogP contribution in [0.15, 0.2) is 72.4 Å². The van der Waals surface area contributed by atoms with Crippen molar-refractivity contribution in [2.24, 2.45) is 0 Å². The van der Waals surface area contributed by atoms with Gasteiger partial charge in [-0.3, -0.25) is 9.80 Å². The molecule has 3 aromatic rings. The number of carbonyl (C=O) groups excluding carboxylic acids is 1. The Morgan fingerprint density at radius 2 is 1.59 bits per heavy atom. The van der Waals surface area contributed by atoms with Crippen molar-refractivity contribution in [1.29, 1.82) is 0 Å². The number of phenols is 1. The van der Waals surface area contributed by atoms with E-state index in [2.05, 4.69) is 48.8 Å². The minimum atomic E-state index is -0.386. The van der Waals surface area contributed by atoms with E-state index >= 15 is 0 Å². The number of hydrogen-bond acceptors (Lipinski definition) is 6. The van der Waals surface area contributed by atoms with Crippen molar-refractivity contribution in [3.8, 4) is 23.0 Å². The highest BCUT2D eigenvalue weighted by Crippen LogP contribution is 2.49. The molecule has 3 aliphatic rings. The monoisotopic (exact) mass is 597 g/mol. The highest BCUT2D eigenvalue weighted by molar-refractivity contribution is 5.83. The van der Waals surface area contributed by atoms with Crippen molar-refractivity contribution in [3.63, 3.8) is 0 Å². The first kappa shape index (κ1) is 29.9. The average Bonchev–Trinajstić information content (AvgIpc) is 3.14. The second-order valence-electron chi connectivity index (χ2n) is 12.6. The van der Waals surface area contributed by atoms with E-state index in [0.717, 1.165) is 71.9 Å². The molecule has 0 aromatic heterocycles. The van der Waals surface area contributed by atoms with Crippen LogP contribution in [0.2, 0.25) is 0 Å². The molecule has 8 heteroatoms. The number of rotatable bonds is 8. The number of benzene rings is 3. The fourth-order valence-electron chi connectivity index (χ4n) is 7.23. The Morgan fingerprint density at radius 1 is 0.909 bits per heavy atom. The third-order valence-corrected chi connectivity index (χ3v) is 9.51. The van der Waals surface area contributed by atoms with Crippen LogP contribution in [-0.4, -0.2) is 65.2 Å². The molecule has 232 valence electrons. The van der Waals surface area contributed by atoms with Crippen LogP contribution in [0.4, 0.5) is 4.79 Å². The van der Waals surface area contributed by atoms with E-state index in [-0.39, 0.29) is 22.7 Å². The third-order valence-electron chi connectivity index (χ3n) is 9.51. The van der Waals surface area contributed by atoms with E-state index in [9.17, 15) is 9.90 Å². The second kappa shape index (κ2) is 11.7. The molecular formula is C36H43N3O5. The van der Waals surface area contributed by atoms with Crippen LogP contribution >= 0.6 is 0 Å². The first-order valence-corrected chi connectivity index (χ1v) is 15.5. The maximum atomic E-state index is 14.0. The molecule has 3 aromatic carbocycles. The average molecular weight is 598 g/mol. The summed E-state index contributed by atoms with van der Waals surface area (Å²) in [6.07, 6.45) is 3.99. The van der Waals surface area contributed by atoms with Crippen LogP contribution in [0.3, 0.4) is 0 Å². The summed E-state index contributed by atoms with van der Waals surface area (Å²) in [7, 11) is 3.34. The molecule has 0 bridgehead atoms. The van der Waals surface area contributed by atoms with E-state index in [0.29, 0.717) is 25.4 Å². The summed E-state index contributed by atoms with van der Waals surface area (Å²) < 4.78 is 17.1. The lowest BCUT2D eigenvalue weighted by Crippen LogP contribution is -2.53. The SMILES string of the molecule is CCN1C(=O)N2Cc3cc(O)c(OCc4ccccc4)cc3C(C)(C)C=C2C12CCN(Cc1cc(OC)cc(OC)c1)CC2. The number of likely N-dealkylation sites (N-methyl/N-ethyl adjacent to an activating group) is 1. The Morgan fingerprint density at radius 3 is 2.23 bits per heavy atom. The van der Waals surface area contributed by atoms with Crippen molar-refractivity contribution in [2.45, 2.75) is 64.3 Å². The van der Waals surface area contributed by atoms with Gasteiger partial charge >= 0.3 is 6.03 Å². The molecule has 1 spiro atoms. The minimum Gasteiger partial charge on any atom is -0.504 e. The largest absolute Gasteiger partial charge is 0.504 e. The summed E-state index contributed by atoms with van der Waals surface area (Å²) in [5, 5.41) is 11.0. The van der Waals surface area contributed by atoms with Gasteiger partial charge in [0.2, 0.25) is 0 Å². The van der Waals surface area contributed by atoms with Gasteiger partial charge in [-0.05, 0) is 66.3 Å². The Hall–Kier alpha value is -4.17. The molecule has 2 amide bonds. The third kappa shape index (κ3) is 5.36. The number of aromatic hydroxyl groups is 1. The van der Waals surface area contributed by atoms with Gasteiger partial charge in [-0.25, -0.2) is 4.79 Å². The van der Waals surface area contributed by atoms with Crippen molar-refractivity contribution in [3.05, 3.63) is 94.7 Å². The number of hydrogen-bond donors (Lipinski definition) is 1. The number of likely N-dealkylation sites (tertiary alicyclic amines) is 1. The number of nitrogens with zero attached hydrogens (tertiary/aromatic N) is 3. The molecule has 6 rings (SSSR count). The molecule has 0 atom stereocenters. The zero-order valence-corrected chi connectivity index (χ0v) is 26.4. The normalized spacial score (nSPS) is 18.8. The summed E-state index contributed by atoms with van der Waals surface area (Å²) in [5.74, 6) is 2.12. The number of carbonyl (C=O) groups is 1. The Bertz CT molecular complexity index is 1540. The molecule has 2 saturated heterocycles. The zero-order chi connectivity index (χ0) is 31.1. The van der Waals surface area contributed by atoms with Gasteiger partial charge in [-0.15, -0.1) is 0 Å². The molecule has 3 aliphatic heterocycles. The first-order valence-electron chi connectivity index (χ1n) is 15.5. The van der Waals surface area contributed by atoms with Crippen LogP contribution in [0.1, 0.15) is 55.9 Å². The fraction of sp³-hybridized carbons (Fsp3) is 0.417. The molecule has 0 unspecified atom stereocenters. The van der Waals surface area contributed by atoms with Crippen LogP contribution < -0.4 is 14.2 Å². The molecular weight excluding hydrogens is 554 g/mol. The molecule has 2 fully saturated rings. The van der Waals surface area contributed by atoms with Crippen molar-refractivity contribution < 1.29 is 24.1 Å². The van der Waals surface area contributed by atoms with Crippen molar-refractivity contribution >= 4 is 6.03 Å². The van der Waals surface area contributed by atoms with Gasteiger partial charge in [0.15, 0.2) is 11.5 Å². The smallest absolute Gasteiger partial charge is 0.325 e. The van der Waals surface area contributed by atoms with E-state index < -0.39 is 0 Å². The summed E-state index contributed by atoms with van der Waals surface area (Å²) in [6, 6.07) is 19.7. The molecule has 1 N–H and O–H groups in total. The van der Waals surface area contributed by atoms with Gasteiger partial charge in [0, 0.05) is 43.4 Å². The van der Waals surface area contributed by atoms with Crippen LogP contribution in [0, 0.1) is 0 Å². The molecule has 8 nitrogen and oxygen atoms in total. The highest BCUT2D eigenvalue weighted by atomic mass is 16.5.